The molecule has 6 heteroatoms. The molecule has 0 unspecified atom stereocenters. The van der Waals surface area contributed by atoms with Crippen molar-refractivity contribution in [2.75, 3.05) is 13.1 Å². The molecule has 1 heterocycles. The maximum absolute atomic E-state index is 12.2. The van der Waals surface area contributed by atoms with Crippen LogP contribution in [0.3, 0.4) is 0 Å². The van der Waals surface area contributed by atoms with Crippen molar-refractivity contribution >= 4 is 18.1 Å². The van der Waals surface area contributed by atoms with E-state index in [2.05, 4.69) is 0 Å². The number of benzene rings is 1. The number of fused-ring (bicyclic) bond motifs is 1. The van der Waals surface area contributed by atoms with E-state index in [-0.39, 0.29) is 12.2 Å². The first-order valence-electron chi connectivity index (χ1n) is 9.92. The SMILES string of the molecule is CC(C)(C)OC(=O)N1CCC(Oc2ccc3c(c2)C=C(C(=O)O)CCC3)CC1. The quantitative estimate of drug-likeness (QED) is 0.838. The molecule has 0 atom stereocenters. The fourth-order valence-corrected chi connectivity index (χ4v) is 3.58. The van der Waals surface area contributed by atoms with Crippen LogP contribution in [-0.2, 0) is 16.0 Å². The third-order valence-electron chi connectivity index (χ3n) is 5.01. The Balaban J connectivity index is 1.61. The summed E-state index contributed by atoms with van der Waals surface area (Å²) in [5, 5.41) is 9.32. The van der Waals surface area contributed by atoms with Gasteiger partial charge in [-0.05, 0) is 69.4 Å². The Morgan fingerprint density at radius 1 is 1.14 bits per heavy atom. The highest BCUT2D eigenvalue weighted by molar-refractivity contribution is 5.92. The van der Waals surface area contributed by atoms with Crippen molar-refractivity contribution in [2.45, 2.75) is 64.6 Å². The molecule has 1 saturated heterocycles. The van der Waals surface area contributed by atoms with Crippen LogP contribution < -0.4 is 4.74 Å². The molecule has 28 heavy (non-hydrogen) atoms. The standard InChI is InChI=1S/C22H29NO5/c1-22(2,3)28-21(26)23-11-9-18(10-12-23)27-19-8-7-15-5-4-6-16(20(24)25)13-17(15)14-19/h7-8,13-14,18H,4-6,9-12H2,1-3H3,(H,24,25). The average molecular weight is 387 g/mol. The van der Waals surface area contributed by atoms with Crippen LogP contribution in [0.5, 0.6) is 5.75 Å². The average Bonchev–Trinajstić information content (AvgIpc) is 2.83. The van der Waals surface area contributed by atoms with Gasteiger partial charge in [-0.25, -0.2) is 9.59 Å². The first-order valence-corrected chi connectivity index (χ1v) is 9.92. The molecule has 1 fully saturated rings. The summed E-state index contributed by atoms with van der Waals surface area (Å²) in [4.78, 5) is 25.2. The third kappa shape index (κ3) is 5.27. The monoisotopic (exact) mass is 387 g/mol. The number of carbonyl (C=O) groups excluding carboxylic acids is 1. The molecular weight excluding hydrogens is 358 g/mol. The number of likely N-dealkylation sites (tertiary alicyclic amines) is 1. The number of hydrogen-bond acceptors (Lipinski definition) is 4. The van der Waals surface area contributed by atoms with Gasteiger partial charge in [0.2, 0.25) is 0 Å². The van der Waals surface area contributed by atoms with Gasteiger partial charge in [0.15, 0.2) is 0 Å². The summed E-state index contributed by atoms with van der Waals surface area (Å²) in [5.41, 5.74) is 2.04. The zero-order valence-electron chi connectivity index (χ0n) is 16.9. The molecule has 2 aliphatic rings. The van der Waals surface area contributed by atoms with Crippen molar-refractivity contribution in [1.29, 1.82) is 0 Å². The Morgan fingerprint density at radius 3 is 2.50 bits per heavy atom. The van der Waals surface area contributed by atoms with Crippen molar-refractivity contribution in [2.24, 2.45) is 0 Å². The molecule has 1 aromatic carbocycles. The van der Waals surface area contributed by atoms with E-state index in [1.807, 2.05) is 39.0 Å². The molecule has 1 aliphatic heterocycles. The summed E-state index contributed by atoms with van der Waals surface area (Å²) in [6.07, 6.45) is 5.31. The molecule has 0 spiro atoms. The maximum Gasteiger partial charge on any atom is 0.410 e. The highest BCUT2D eigenvalue weighted by Crippen LogP contribution is 2.28. The normalized spacial score (nSPS) is 18.0. The van der Waals surface area contributed by atoms with Crippen molar-refractivity contribution in [3.8, 4) is 5.75 Å². The van der Waals surface area contributed by atoms with Gasteiger partial charge in [0.25, 0.3) is 0 Å². The largest absolute Gasteiger partial charge is 0.490 e. The first-order chi connectivity index (χ1) is 13.2. The van der Waals surface area contributed by atoms with Gasteiger partial charge in [-0.15, -0.1) is 0 Å². The zero-order chi connectivity index (χ0) is 20.3. The summed E-state index contributed by atoms with van der Waals surface area (Å²) in [6.45, 7) is 6.80. The van der Waals surface area contributed by atoms with Gasteiger partial charge in [0.05, 0.1) is 0 Å². The summed E-state index contributed by atoms with van der Waals surface area (Å²) in [6, 6.07) is 5.92. The van der Waals surface area contributed by atoms with E-state index in [0.717, 1.165) is 42.6 Å². The molecule has 1 amide bonds. The molecule has 1 N–H and O–H groups in total. The third-order valence-corrected chi connectivity index (χ3v) is 5.01. The van der Waals surface area contributed by atoms with Crippen molar-refractivity contribution in [1.82, 2.24) is 4.90 Å². The van der Waals surface area contributed by atoms with Crippen LogP contribution in [0, 0.1) is 0 Å². The van der Waals surface area contributed by atoms with E-state index >= 15 is 0 Å². The highest BCUT2D eigenvalue weighted by atomic mass is 16.6. The summed E-state index contributed by atoms with van der Waals surface area (Å²) in [5.74, 6) is -0.106. The second kappa shape index (κ2) is 8.25. The van der Waals surface area contributed by atoms with Crippen molar-refractivity contribution in [3.05, 3.63) is 34.9 Å². The zero-order valence-corrected chi connectivity index (χ0v) is 16.9. The minimum absolute atomic E-state index is 0.0328. The van der Waals surface area contributed by atoms with Gasteiger partial charge in [0, 0.05) is 31.5 Å². The maximum atomic E-state index is 12.2. The number of carbonyl (C=O) groups is 2. The lowest BCUT2D eigenvalue weighted by atomic mass is 10.0. The number of piperidine rings is 1. The van der Waals surface area contributed by atoms with E-state index in [1.54, 1.807) is 11.0 Å². The number of rotatable bonds is 3. The number of aryl methyl sites for hydroxylation is 1. The molecule has 0 radical (unpaired) electrons. The van der Waals surface area contributed by atoms with Gasteiger partial charge >= 0.3 is 12.1 Å². The molecular formula is C22H29NO5. The van der Waals surface area contributed by atoms with Crippen LogP contribution in [0.1, 0.15) is 57.6 Å². The van der Waals surface area contributed by atoms with Gasteiger partial charge in [-0.3, -0.25) is 0 Å². The second-order valence-electron chi connectivity index (χ2n) is 8.47. The lowest BCUT2D eigenvalue weighted by Gasteiger charge is -2.33. The van der Waals surface area contributed by atoms with Crippen LogP contribution in [0.2, 0.25) is 0 Å². The number of amides is 1. The predicted octanol–water partition coefficient (Wildman–Crippen LogP) is 4.27. The van der Waals surface area contributed by atoms with E-state index in [9.17, 15) is 14.7 Å². The Labute approximate surface area is 166 Å². The molecule has 6 nitrogen and oxygen atoms in total. The molecule has 0 bridgehead atoms. The number of hydrogen-bond donors (Lipinski definition) is 1. The van der Waals surface area contributed by atoms with Crippen LogP contribution >= 0.6 is 0 Å². The summed E-state index contributed by atoms with van der Waals surface area (Å²) < 4.78 is 11.6. The van der Waals surface area contributed by atoms with E-state index < -0.39 is 11.6 Å². The van der Waals surface area contributed by atoms with Gasteiger partial charge in [-0.2, -0.15) is 0 Å². The smallest absolute Gasteiger partial charge is 0.410 e. The predicted molar refractivity (Wildman–Crippen MR) is 106 cm³/mol. The van der Waals surface area contributed by atoms with Crippen LogP contribution in [0.15, 0.2) is 23.8 Å². The fraction of sp³-hybridized carbons (Fsp3) is 0.545. The number of carboxylic acids is 1. The molecule has 0 aromatic heterocycles. The molecule has 0 saturated carbocycles. The van der Waals surface area contributed by atoms with Crippen LogP contribution in [0.4, 0.5) is 4.79 Å². The van der Waals surface area contributed by atoms with Gasteiger partial charge in [-0.1, -0.05) is 6.07 Å². The number of nitrogens with zero attached hydrogens (tertiary/aromatic N) is 1. The Bertz CT molecular complexity index is 770. The first kappa shape index (κ1) is 20.2. The lowest BCUT2D eigenvalue weighted by molar-refractivity contribution is -0.132. The lowest BCUT2D eigenvalue weighted by Crippen LogP contribution is -2.44. The Morgan fingerprint density at radius 2 is 1.86 bits per heavy atom. The Hall–Kier alpha value is -2.50. The molecule has 1 aliphatic carbocycles. The number of carboxylic acid groups (broad SMARTS) is 1. The molecule has 1 aromatic rings. The van der Waals surface area contributed by atoms with E-state index in [1.165, 1.54) is 0 Å². The Kier molecular flexibility index (Phi) is 5.96. The molecule has 3 rings (SSSR count). The second-order valence-corrected chi connectivity index (χ2v) is 8.47. The van der Waals surface area contributed by atoms with Crippen LogP contribution in [0.25, 0.3) is 6.08 Å². The highest BCUT2D eigenvalue weighted by Gasteiger charge is 2.27. The van der Waals surface area contributed by atoms with E-state index in [0.29, 0.717) is 25.1 Å². The fourth-order valence-electron chi connectivity index (χ4n) is 3.58. The van der Waals surface area contributed by atoms with E-state index in [4.69, 9.17) is 9.47 Å². The van der Waals surface area contributed by atoms with Gasteiger partial charge in [0.1, 0.15) is 17.5 Å². The summed E-state index contributed by atoms with van der Waals surface area (Å²) in [7, 11) is 0. The number of ether oxygens (including phenoxy) is 2. The number of aliphatic carboxylic acids is 1. The summed E-state index contributed by atoms with van der Waals surface area (Å²) >= 11 is 0. The topological polar surface area (TPSA) is 76.1 Å². The van der Waals surface area contributed by atoms with Crippen molar-refractivity contribution < 1.29 is 24.2 Å². The van der Waals surface area contributed by atoms with Gasteiger partial charge < -0.3 is 19.5 Å². The minimum Gasteiger partial charge on any atom is -0.490 e. The minimum atomic E-state index is -0.853. The van der Waals surface area contributed by atoms with Crippen molar-refractivity contribution in [3.63, 3.8) is 0 Å². The molecule has 152 valence electrons. The van der Waals surface area contributed by atoms with Crippen LogP contribution in [-0.4, -0.2) is 46.9 Å².